The van der Waals surface area contributed by atoms with E-state index in [0.29, 0.717) is 12.1 Å². The lowest BCUT2D eigenvalue weighted by Crippen LogP contribution is -2.20. The number of phenolic OH excluding ortho intramolecular Hbond substituents is 1. The number of aromatic hydroxyl groups is 1. The minimum absolute atomic E-state index is 0.386. The van der Waals surface area contributed by atoms with Crippen LogP contribution >= 0.6 is 0 Å². The van der Waals surface area contributed by atoms with E-state index in [1.807, 2.05) is 0 Å². The summed E-state index contributed by atoms with van der Waals surface area (Å²) in [6.45, 7) is 0. The Morgan fingerprint density at radius 1 is 1.21 bits per heavy atom. The molecule has 0 aromatic heterocycles. The standard InChI is InChI=1S/C8H7F4NO/c9-3-1-4(10)6(5(14)2-3)7(13)8(11)12/h1-2,7-8,14H,13H2/t7-/m1/s1. The average Bonchev–Trinajstić information content (AvgIpc) is 2.01. The van der Waals surface area contributed by atoms with Crippen LogP contribution in [0.1, 0.15) is 11.6 Å². The highest BCUT2D eigenvalue weighted by Gasteiger charge is 2.25. The fourth-order valence-corrected chi connectivity index (χ4v) is 1.03. The van der Waals surface area contributed by atoms with E-state index in [-0.39, 0.29) is 0 Å². The number of hydrogen-bond acceptors (Lipinski definition) is 2. The monoisotopic (exact) mass is 209 g/mol. The van der Waals surface area contributed by atoms with Gasteiger partial charge >= 0.3 is 0 Å². The molecule has 0 aliphatic rings. The third-order valence-electron chi connectivity index (χ3n) is 1.68. The van der Waals surface area contributed by atoms with Gasteiger partial charge in [0.25, 0.3) is 6.43 Å². The minimum atomic E-state index is -3.03. The van der Waals surface area contributed by atoms with E-state index in [2.05, 4.69) is 0 Å². The first-order valence-electron chi connectivity index (χ1n) is 3.65. The van der Waals surface area contributed by atoms with Crippen molar-refractivity contribution in [2.75, 3.05) is 0 Å². The fourth-order valence-electron chi connectivity index (χ4n) is 1.03. The summed E-state index contributed by atoms with van der Waals surface area (Å²) in [6.07, 6.45) is -3.03. The Morgan fingerprint density at radius 3 is 2.21 bits per heavy atom. The molecule has 0 amide bonds. The summed E-state index contributed by atoms with van der Waals surface area (Å²) in [5, 5.41) is 9.00. The second kappa shape index (κ2) is 3.83. The number of phenols is 1. The molecule has 0 saturated heterocycles. The van der Waals surface area contributed by atoms with Crippen LogP contribution in [0.4, 0.5) is 17.6 Å². The molecule has 0 radical (unpaired) electrons. The quantitative estimate of drug-likeness (QED) is 0.731. The van der Waals surface area contributed by atoms with Gasteiger partial charge in [-0.3, -0.25) is 0 Å². The van der Waals surface area contributed by atoms with Crippen LogP contribution in [-0.2, 0) is 0 Å². The Hall–Kier alpha value is -1.30. The smallest absolute Gasteiger partial charge is 0.257 e. The molecular formula is C8H7F4NO. The minimum Gasteiger partial charge on any atom is -0.507 e. The predicted octanol–water partition coefficient (Wildman–Crippen LogP) is 1.94. The molecule has 0 aliphatic carbocycles. The van der Waals surface area contributed by atoms with Crippen molar-refractivity contribution < 1.29 is 22.7 Å². The average molecular weight is 209 g/mol. The summed E-state index contributed by atoms with van der Waals surface area (Å²) in [5.74, 6) is -3.24. The van der Waals surface area contributed by atoms with Gasteiger partial charge in [0.2, 0.25) is 0 Å². The van der Waals surface area contributed by atoms with Gasteiger partial charge in [-0.25, -0.2) is 17.6 Å². The van der Waals surface area contributed by atoms with Gasteiger partial charge in [-0.05, 0) is 0 Å². The third kappa shape index (κ3) is 1.95. The molecule has 0 heterocycles. The molecular weight excluding hydrogens is 202 g/mol. The maximum absolute atomic E-state index is 12.9. The van der Waals surface area contributed by atoms with Gasteiger partial charge in [0.1, 0.15) is 17.4 Å². The molecule has 1 atom stereocenters. The second-order valence-corrected chi connectivity index (χ2v) is 2.68. The Kier molecular flexibility index (Phi) is 2.95. The van der Waals surface area contributed by atoms with Crippen molar-refractivity contribution in [3.05, 3.63) is 29.3 Å². The van der Waals surface area contributed by atoms with Crippen molar-refractivity contribution in [2.45, 2.75) is 12.5 Å². The van der Waals surface area contributed by atoms with Crippen molar-refractivity contribution in [3.63, 3.8) is 0 Å². The van der Waals surface area contributed by atoms with Crippen LogP contribution in [-0.4, -0.2) is 11.5 Å². The van der Waals surface area contributed by atoms with E-state index >= 15 is 0 Å². The Balaban J connectivity index is 3.20. The summed E-state index contributed by atoms with van der Waals surface area (Å²) in [7, 11) is 0. The first kappa shape index (κ1) is 10.8. The van der Waals surface area contributed by atoms with Crippen LogP contribution in [0, 0.1) is 11.6 Å². The first-order chi connectivity index (χ1) is 6.43. The number of halogens is 4. The van der Waals surface area contributed by atoms with E-state index in [1.54, 1.807) is 0 Å². The van der Waals surface area contributed by atoms with Crippen molar-refractivity contribution in [2.24, 2.45) is 5.73 Å². The van der Waals surface area contributed by atoms with Gasteiger partial charge in [-0.2, -0.15) is 0 Å². The molecule has 1 aromatic carbocycles. The van der Waals surface area contributed by atoms with Crippen LogP contribution in [0.15, 0.2) is 12.1 Å². The molecule has 6 heteroatoms. The maximum Gasteiger partial charge on any atom is 0.257 e. The zero-order chi connectivity index (χ0) is 10.9. The van der Waals surface area contributed by atoms with Gasteiger partial charge in [-0.15, -0.1) is 0 Å². The number of nitrogens with two attached hydrogens (primary N) is 1. The lowest BCUT2D eigenvalue weighted by Gasteiger charge is -2.13. The number of benzene rings is 1. The molecule has 3 N–H and O–H groups in total. The summed E-state index contributed by atoms with van der Waals surface area (Å²) >= 11 is 0. The highest BCUT2D eigenvalue weighted by atomic mass is 19.3. The first-order valence-corrected chi connectivity index (χ1v) is 3.65. The van der Waals surface area contributed by atoms with E-state index in [1.165, 1.54) is 0 Å². The van der Waals surface area contributed by atoms with Gasteiger partial charge in [0.05, 0.1) is 11.6 Å². The summed E-state index contributed by atoms with van der Waals surface area (Å²) in [5.41, 5.74) is 4.14. The number of rotatable bonds is 2. The zero-order valence-corrected chi connectivity index (χ0v) is 6.85. The molecule has 0 unspecified atom stereocenters. The van der Waals surface area contributed by atoms with Crippen LogP contribution in [0.5, 0.6) is 5.75 Å². The Bertz CT molecular complexity index is 319. The Labute approximate surface area is 77.0 Å². The summed E-state index contributed by atoms with van der Waals surface area (Å²) in [6, 6.07) is -1.05. The Morgan fingerprint density at radius 2 is 1.79 bits per heavy atom. The molecule has 0 fully saturated rings. The lowest BCUT2D eigenvalue weighted by molar-refractivity contribution is 0.113. The van der Waals surface area contributed by atoms with Gasteiger partial charge in [0, 0.05) is 12.1 Å². The van der Waals surface area contributed by atoms with E-state index in [0.717, 1.165) is 0 Å². The lowest BCUT2D eigenvalue weighted by atomic mass is 10.1. The molecule has 0 saturated carbocycles. The van der Waals surface area contributed by atoms with Crippen molar-refractivity contribution in [1.29, 1.82) is 0 Å². The highest BCUT2D eigenvalue weighted by Crippen LogP contribution is 2.30. The van der Waals surface area contributed by atoms with Crippen LogP contribution in [0.2, 0.25) is 0 Å². The van der Waals surface area contributed by atoms with Crippen LogP contribution < -0.4 is 5.73 Å². The maximum atomic E-state index is 12.9. The molecule has 1 aromatic rings. The molecule has 2 nitrogen and oxygen atoms in total. The normalized spacial score (nSPS) is 13.3. The second-order valence-electron chi connectivity index (χ2n) is 2.68. The topological polar surface area (TPSA) is 46.2 Å². The molecule has 14 heavy (non-hydrogen) atoms. The zero-order valence-electron chi connectivity index (χ0n) is 6.85. The predicted molar refractivity (Wildman–Crippen MR) is 41.0 cm³/mol. The molecule has 0 bridgehead atoms. The summed E-state index contributed by atoms with van der Waals surface area (Å²) in [4.78, 5) is 0. The van der Waals surface area contributed by atoms with E-state index in [9.17, 15) is 17.6 Å². The van der Waals surface area contributed by atoms with Crippen molar-refractivity contribution in [3.8, 4) is 5.75 Å². The van der Waals surface area contributed by atoms with Gasteiger partial charge < -0.3 is 10.8 Å². The van der Waals surface area contributed by atoms with Crippen molar-refractivity contribution >= 4 is 0 Å². The van der Waals surface area contributed by atoms with Gasteiger partial charge in [-0.1, -0.05) is 0 Å². The third-order valence-corrected chi connectivity index (χ3v) is 1.68. The highest BCUT2D eigenvalue weighted by molar-refractivity contribution is 5.36. The number of alkyl halides is 2. The molecule has 0 spiro atoms. The molecule has 1 rings (SSSR count). The van der Waals surface area contributed by atoms with Gasteiger partial charge in [0.15, 0.2) is 0 Å². The van der Waals surface area contributed by atoms with Crippen LogP contribution in [0.3, 0.4) is 0 Å². The van der Waals surface area contributed by atoms with E-state index in [4.69, 9.17) is 10.8 Å². The summed E-state index contributed by atoms with van der Waals surface area (Å²) < 4.78 is 49.5. The van der Waals surface area contributed by atoms with Crippen molar-refractivity contribution in [1.82, 2.24) is 0 Å². The fraction of sp³-hybridized carbons (Fsp3) is 0.250. The SMILES string of the molecule is N[C@H](c1c(O)cc(F)cc1F)C(F)F. The van der Waals surface area contributed by atoms with Crippen LogP contribution in [0.25, 0.3) is 0 Å². The molecule has 0 aliphatic heterocycles. The largest absolute Gasteiger partial charge is 0.507 e. The number of hydrogen-bond donors (Lipinski definition) is 2. The van der Waals surface area contributed by atoms with E-state index < -0.39 is 35.4 Å². The molecule has 78 valence electrons.